The largest absolute Gasteiger partial charge is 0.481 e. The third-order valence-corrected chi connectivity index (χ3v) is 5.35. The van der Waals surface area contributed by atoms with Crippen LogP contribution in [0.1, 0.15) is 36.9 Å². The first-order valence-electron chi connectivity index (χ1n) is 8.33. The lowest BCUT2D eigenvalue weighted by molar-refractivity contribution is 0.106. The molecule has 6 heteroatoms. The summed E-state index contributed by atoms with van der Waals surface area (Å²) in [6.45, 7) is 4.83. The smallest absolute Gasteiger partial charge is 0.320 e. The van der Waals surface area contributed by atoms with E-state index in [0.717, 1.165) is 30.8 Å². The summed E-state index contributed by atoms with van der Waals surface area (Å²) in [6, 6.07) is 0.465. The van der Waals surface area contributed by atoms with Crippen molar-refractivity contribution in [2.45, 2.75) is 44.2 Å². The van der Waals surface area contributed by atoms with Crippen LogP contribution in [0.15, 0.2) is 0 Å². The molecule has 2 fully saturated rings. The zero-order chi connectivity index (χ0) is 15.0. The Balaban J connectivity index is 1.53. The Morgan fingerprint density at radius 3 is 2.82 bits per heavy atom. The van der Waals surface area contributed by atoms with Crippen molar-refractivity contribution in [2.24, 2.45) is 0 Å². The minimum atomic E-state index is 0.227. The topological polar surface area (TPSA) is 59.5 Å². The summed E-state index contributed by atoms with van der Waals surface area (Å²) < 4.78 is 11.5. The van der Waals surface area contributed by atoms with Gasteiger partial charge in [-0.25, -0.2) is 0 Å². The first-order valence-corrected chi connectivity index (χ1v) is 8.33. The van der Waals surface area contributed by atoms with Crippen molar-refractivity contribution in [3.8, 4) is 11.9 Å². The van der Waals surface area contributed by atoms with Gasteiger partial charge >= 0.3 is 6.01 Å². The van der Waals surface area contributed by atoms with Crippen LogP contribution in [-0.2, 0) is 13.0 Å². The highest BCUT2D eigenvalue weighted by atomic mass is 16.5. The Morgan fingerprint density at radius 2 is 2.05 bits per heavy atom. The molecule has 120 valence electrons. The summed E-state index contributed by atoms with van der Waals surface area (Å²) in [7, 11) is 1.67. The van der Waals surface area contributed by atoms with E-state index in [9.17, 15) is 0 Å². The van der Waals surface area contributed by atoms with Crippen LogP contribution in [0.4, 0.5) is 0 Å². The summed E-state index contributed by atoms with van der Waals surface area (Å²) in [6.07, 6.45) is 5.94. The molecule has 0 radical (unpaired) electrons. The van der Waals surface area contributed by atoms with Crippen molar-refractivity contribution in [3.63, 3.8) is 0 Å². The second-order valence-electron chi connectivity index (χ2n) is 6.57. The maximum Gasteiger partial charge on any atom is 0.320 e. The Kier molecular flexibility index (Phi) is 3.66. The van der Waals surface area contributed by atoms with Crippen LogP contribution in [0.5, 0.6) is 11.9 Å². The lowest BCUT2D eigenvalue weighted by Crippen LogP contribution is -2.43. The molecule has 3 aliphatic rings. The van der Waals surface area contributed by atoms with E-state index >= 15 is 0 Å². The lowest BCUT2D eigenvalue weighted by Gasteiger charge is -2.31. The van der Waals surface area contributed by atoms with Gasteiger partial charge in [0.15, 0.2) is 0 Å². The van der Waals surface area contributed by atoms with Crippen molar-refractivity contribution in [2.75, 3.05) is 33.4 Å². The molecule has 4 heterocycles. The third-order valence-electron chi connectivity index (χ3n) is 5.35. The Hall–Kier alpha value is -1.40. The molecule has 0 aliphatic carbocycles. The van der Waals surface area contributed by atoms with Gasteiger partial charge in [0.05, 0.1) is 18.3 Å². The van der Waals surface area contributed by atoms with Crippen LogP contribution in [0, 0.1) is 0 Å². The molecule has 1 aromatic rings. The van der Waals surface area contributed by atoms with Gasteiger partial charge in [0.1, 0.15) is 6.61 Å². The SMILES string of the molecule is COc1nc(OCC23CCCN2CCC3)nc2c1CCNC2. The van der Waals surface area contributed by atoms with Gasteiger partial charge in [-0.05, 0) is 51.7 Å². The van der Waals surface area contributed by atoms with Gasteiger partial charge in [-0.2, -0.15) is 9.97 Å². The van der Waals surface area contributed by atoms with Crippen molar-refractivity contribution < 1.29 is 9.47 Å². The number of ether oxygens (including phenoxy) is 2. The molecule has 0 spiro atoms. The Morgan fingerprint density at radius 1 is 1.23 bits per heavy atom. The van der Waals surface area contributed by atoms with Crippen LogP contribution in [0.2, 0.25) is 0 Å². The maximum atomic E-state index is 6.03. The molecule has 2 saturated heterocycles. The summed E-state index contributed by atoms with van der Waals surface area (Å²) in [5.41, 5.74) is 2.36. The molecule has 4 rings (SSSR count). The number of aromatic nitrogens is 2. The number of nitrogens with zero attached hydrogens (tertiary/aromatic N) is 3. The molecule has 1 aromatic heterocycles. The van der Waals surface area contributed by atoms with Crippen molar-refractivity contribution in [1.29, 1.82) is 0 Å². The minimum absolute atomic E-state index is 0.227. The molecule has 3 aliphatic heterocycles. The van der Waals surface area contributed by atoms with Crippen LogP contribution >= 0.6 is 0 Å². The first kappa shape index (κ1) is 14.2. The average molecular weight is 304 g/mol. The molecule has 0 bridgehead atoms. The highest BCUT2D eigenvalue weighted by molar-refractivity contribution is 5.34. The number of hydrogen-bond acceptors (Lipinski definition) is 6. The predicted molar refractivity (Wildman–Crippen MR) is 82.3 cm³/mol. The highest BCUT2D eigenvalue weighted by Crippen LogP contribution is 2.39. The van der Waals surface area contributed by atoms with Crippen LogP contribution in [-0.4, -0.2) is 53.8 Å². The minimum Gasteiger partial charge on any atom is -0.481 e. The lowest BCUT2D eigenvalue weighted by atomic mass is 9.95. The molecule has 6 nitrogen and oxygen atoms in total. The second-order valence-corrected chi connectivity index (χ2v) is 6.57. The van der Waals surface area contributed by atoms with E-state index in [1.54, 1.807) is 7.11 Å². The first-order chi connectivity index (χ1) is 10.8. The Labute approximate surface area is 131 Å². The second kappa shape index (κ2) is 5.66. The average Bonchev–Trinajstić information content (AvgIpc) is 3.12. The van der Waals surface area contributed by atoms with E-state index in [1.165, 1.54) is 38.8 Å². The maximum absolute atomic E-state index is 6.03. The molecule has 0 saturated carbocycles. The van der Waals surface area contributed by atoms with Gasteiger partial charge in [0, 0.05) is 12.1 Å². The third kappa shape index (κ3) is 2.34. The fourth-order valence-corrected chi connectivity index (χ4v) is 4.20. The molecule has 0 unspecified atom stereocenters. The van der Waals surface area contributed by atoms with Gasteiger partial charge in [-0.1, -0.05) is 0 Å². The summed E-state index contributed by atoms with van der Waals surface area (Å²) in [5.74, 6) is 0.675. The summed E-state index contributed by atoms with van der Waals surface area (Å²) >= 11 is 0. The molecule has 0 amide bonds. The summed E-state index contributed by atoms with van der Waals surface area (Å²) in [5, 5.41) is 3.34. The zero-order valence-corrected chi connectivity index (χ0v) is 13.2. The van der Waals surface area contributed by atoms with Crippen molar-refractivity contribution in [3.05, 3.63) is 11.3 Å². The molecule has 0 atom stereocenters. The van der Waals surface area contributed by atoms with Gasteiger partial charge in [0.2, 0.25) is 5.88 Å². The van der Waals surface area contributed by atoms with E-state index in [0.29, 0.717) is 18.5 Å². The molecule has 22 heavy (non-hydrogen) atoms. The Bertz CT molecular complexity index is 536. The van der Waals surface area contributed by atoms with Crippen molar-refractivity contribution >= 4 is 0 Å². The van der Waals surface area contributed by atoms with Gasteiger partial charge in [0.25, 0.3) is 0 Å². The van der Waals surface area contributed by atoms with Crippen LogP contribution in [0.3, 0.4) is 0 Å². The predicted octanol–water partition coefficient (Wildman–Crippen LogP) is 1.14. The molecule has 0 aromatic carbocycles. The summed E-state index contributed by atoms with van der Waals surface area (Å²) in [4.78, 5) is 11.7. The number of methoxy groups -OCH3 is 1. The van der Waals surface area contributed by atoms with Crippen LogP contribution in [0.25, 0.3) is 0 Å². The quantitative estimate of drug-likeness (QED) is 0.900. The number of fused-ring (bicyclic) bond motifs is 2. The molecular weight excluding hydrogens is 280 g/mol. The fraction of sp³-hybridized carbons (Fsp3) is 0.750. The highest BCUT2D eigenvalue weighted by Gasteiger charge is 2.45. The van der Waals surface area contributed by atoms with Gasteiger partial charge < -0.3 is 14.8 Å². The van der Waals surface area contributed by atoms with Crippen LogP contribution < -0.4 is 14.8 Å². The standard InChI is InChI=1S/C16H24N4O2/c1-21-14-12-4-7-17-10-13(12)18-15(19-14)22-11-16-5-2-8-20(16)9-3-6-16/h17H,2-11H2,1H3. The van der Waals surface area contributed by atoms with E-state index in [1.807, 2.05) is 0 Å². The van der Waals surface area contributed by atoms with E-state index in [4.69, 9.17) is 9.47 Å². The van der Waals surface area contributed by atoms with Gasteiger partial charge in [-0.15, -0.1) is 0 Å². The number of nitrogens with one attached hydrogen (secondary N) is 1. The van der Waals surface area contributed by atoms with Crippen molar-refractivity contribution in [1.82, 2.24) is 20.2 Å². The van der Waals surface area contributed by atoms with Gasteiger partial charge in [-0.3, -0.25) is 4.90 Å². The fourth-order valence-electron chi connectivity index (χ4n) is 4.20. The zero-order valence-electron chi connectivity index (χ0n) is 13.2. The molecular formula is C16H24N4O2. The van der Waals surface area contributed by atoms with E-state index in [2.05, 4.69) is 20.2 Å². The van der Waals surface area contributed by atoms with E-state index in [-0.39, 0.29) is 5.54 Å². The monoisotopic (exact) mass is 304 g/mol. The number of rotatable bonds is 4. The normalized spacial score (nSPS) is 23.1. The number of hydrogen-bond donors (Lipinski definition) is 1. The molecule has 1 N–H and O–H groups in total. The van der Waals surface area contributed by atoms with E-state index < -0.39 is 0 Å².